The Morgan fingerprint density at radius 1 is 0.886 bits per heavy atom. The maximum absolute atomic E-state index is 12.9. The molecule has 0 spiro atoms. The van der Waals surface area contributed by atoms with E-state index in [1.165, 1.54) is 17.3 Å². The number of hydrogen-bond acceptors (Lipinski definition) is 4. The van der Waals surface area contributed by atoms with Crippen molar-refractivity contribution in [1.29, 1.82) is 5.26 Å². The first-order chi connectivity index (χ1) is 16.9. The van der Waals surface area contributed by atoms with Gasteiger partial charge in [0.25, 0.3) is 0 Å². The molecular weight excluding hydrogens is 468 g/mol. The molecule has 0 aliphatic carbocycles. The second kappa shape index (κ2) is 11.0. The average Bonchev–Trinajstić information content (AvgIpc) is 2.88. The number of benzene rings is 3. The van der Waals surface area contributed by atoms with E-state index in [4.69, 9.17) is 4.98 Å². The predicted molar refractivity (Wildman–Crippen MR) is 147 cm³/mol. The zero-order valence-corrected chi connectivity index (χ0v) is 21.8. The highest BCUT2D eigenvalue weighted by atomic mass is 32.2. The summed E-state index contributed by atoms with van der Waals surface area (Å²) in [4.78, 5) is 5.68. The van der Waals surface area contributed by atoms with Gasteiger partial charge in [0.2, 0.25) is 0 Å². The van der Waals surface area contributed by atoms with Crippen molar-refractivity contribution in [3.63, 3.8) is 0 Å². The minimum absolute atomic E-state index is 0.0649. The smallest absolute Gasteiger partial charge is 0.115 e. The van der Waals surface area contributed by atoms with Gasteiger partial charge in [-0.05, 0) is 34.7 Å². The molecule has 0 amide bonds. The Balaban J connectivity index is 1.59. The molecule has 0 aliphatic heterocycles. The standard InChI is InChI=1S/C30H28N2OS2/c1-30(2,3)24-14-16-25(17-15-24)35(33)19-18-34-29-27(21-31)26(22-10-6-4-7-11-22)20-28(32-29)23-12-8-5-9-13-23/h4-17,20H,18-19H2,1-3H3. The van der Waals surface area contributed by atoms with Crippen LogP contribution in [0.3, 0.4) is 0 Å². The maximum Gasteiger partial charge on any atom is 0.115 e. The maximum atomic E-state index is 12.9. The Bertz CT molecular complexity index is 1350. The van der Waals surface area contributed by atoms with Crippen molar-refractivity contribution in [2.45, 2.75) is 36.1 Å². The second-order valence-electron chi connectivity index (χ2n) is 9.25. The van der Waals surface area contributed by atoms with Gasteiger partial charge in [-0.15, -0.1) is 11.8 Å². The van der Waals surface area contributed by atoms with Crippen molar-refractivity contribution >= 4 is 22.6 Å². The van der Waals surface area contributed by atoms with Crippen molar-refractivity contribution in [2.75, 3.05) is 11.5 Å². The van der Waals surface area contributed by atoms with Crippen LogP contribution in [0.4, 0.5) is 0 Å². The summed E-state index contributed by atoms with van der Waals surface area (Å²) in [7, 11) is -1.11. The molecule has 35 heavy (non-hydrogen) atoms. The van der Waals surface area contributed by atoms with Crippen LogP contribution in [0.25, 0.3) is 22.4 Å². The molecular formula is C30H28N2OS2. The Labute approximate surface area is 214 Å². The molecule has 5 heteroatoms. The van der Waals surface area contributed by atoms with Crippen molar-refractivity contribution in [1.82, 2.24) is 4.98 Å². The lowest BCUT2D eigenvalue weighted by molar-refractivity contribution is 0.589. The topological polar surface area (TPSA) is 53.8 Å². The minimum Gasteiger partial charge on any atom is -0.254 e. The normalized spacial score (nSPS) is 12.2. The number of nitriles is 1. The quantitative estimate of drug-likeness (QED) is 0.249. The van der Waals surface area contributed by atoms with Gasteiger partial charge in [-0.1, -0.05) is 93.6 Å². The van der Waals surface area contributed by atoms with Crippen LogP contribution >= 0.6 is 11.8 Å². The fourth-order valence-corrected chi connectivity index (χ4v) is 6.05. The zero-order chi connectivity index (χ0) is 24.8. The predicted octanol–water partition coefficient (Wildman–Crippen LogP) is 7.48. The zero-order valence-electron chi connectivity index (χ0n) is 20.2. The van der Waals surface area contributed by atoms with Gasteiger partial charge in [0.1, 0.15) is 11.1 Å². The molecule has 1 unspecified atom stereocenters. The highest BCUT2D eigenvalue weighted by Crippen LogP contribution is 2.34. The van der Waals surface area contributed by atoms with E-state index in [1.807, 2.05) is 78.9 Å². The highest BCUT2D eigenvalue weighted by molar-refractivity contribution is 8.00. The van der Waals surface area contributed by atoms with Gasteiger partial charge >= 0.3 is 0 Å². The summed E-state index contributed by atoms with van der Waals surface area (Å²) < 4.78 is 12.9. The molecule has 0 fully saturated rings. The first-order valence-electron chi connectivity index (χ1n) is 11.5. The number of thioether (sulfide) groups is 1. The van der Waals surface area contributed by atoms with Crippen LogP contribution in [0, 0.1) is 11.3 Å². The van der Waals surface area contributed by atoms with Crippen LogP contribution in [-0.2, 0) is 16.2 Å². The van der Waals surface area contributed by atoms with E-state index in [0.29, 0.717) is 22.1 Å². The highest BCUT2D eigenvalue weighted by Gasteiger charge is 2.17. The summed E-state index contributed by atoms with van der Waals surface area (Å²) in [6, 6.07) is 32.3. The summed E-state index contributed by atoms with van der Waals surface area (Å²) in [6.07, 6.45) is 0. The Morgan fingerprint density at radius 2 is 1.49 bits per heavy atom. The third-order valence-corrected chi connectivity index (χ3v) is 8.35. The molecule has 1 atom stereocenters. The molecule has 1 heterocycles. The Kier molecular flexibility index (Phi) is 7.85. The lowest BCUT2D eigenvalue weighted by atomic mass is 9.87. The molecule has 0 saturated carbocycles. The van der Waals surface area contributed by atoms with Crippen LogP contribution in [0.2, 0.25) is 0 Å². The van der Waals surface area contributed by atoms with Crippen molar-refractivity contribution in [3.05, 3.63) is 102 Å². The van der Waals surface area contributed by atoms with E-state index in [-0.39, 0.29) is 5.41 Å². The van der Waals surface area contributed by atoms with Gasteiger partial charge in [-0.25, -0.2) is 4.98 Å². The first kappa shape index (κ1) is 24.9. The van der Waals surface area contributed by atoms with Crippen LogP contribution in [0.1, 0.15) is 31.9 Å². The molecule has 176 valence electrons. The molecule has 0 radical (unpaired) electrons. The molecule has 4 aromatic rings. The largest absolute Gasteiger partial charge is 0.254 e. The van der Waals surface area contributed by atoms with Crippen LogP contribution in [0.15, 0.2) is 101 Å². The third kappa shape index (κ3) is 6.08. The second-order valence-corrected chi connectivity index (χ2v) is 11.9. The van der Waals surface area contributed by atoms with E-state index in [0.717, 1.165) is 27.3 Å². The van der Waals surface area contributed by atoms with Gasteiger partial charge < -0.3 is 0 Å². The fraction of sp³-hybridized carbons (Fsp3) is 0.200. The van der Waals surface area contributed by atoms with Crippen LogP contribution < -0.4 is 0 Å². The van der Waals surface area contributed by atoms with Crippen molar-refractivity contribution in [3.8, 4) is 28.5 Å². The molecule has 0 saturated heterocycles. The summed E-state index contributed by atoms with van der Waals surface area (Å²) >= 11 is 1.49. The average molecular weight is 497 g/mol. The lowest BCUT2D eigenvalue weighted by Gasteiger charge is -2.19. The number of pyridine rings is 1. The lowest BCUT2D eigenvalue weighted by Crippen LogP contribution is -2.11. The van der Waals surface area contributed by atoms with E-state index in [9.17, 15) is 9.47 Å². The molecule has 4 rings (SSSR count). The monoisotopic (exact) mass is 496 g/mol. The van der Waals surface area contributed by atoms with Crippen LogP contribution in [-0.4, -0.2) is 20.7 Å². The van der Waals surface area contributed by atoms with Crippen molar-refractivity contribution in [2.24, 2.45) is 0 Å². The Hall–Kier alpha value is -3.20. The molecule has 3 aromatic carbocycles. The number of aromatic nitrogens is 1. The number of rotatable bonds is 7. The van der Waals surface area contributed by atoms with Crippen molar-refractivity contribution < 1.29 is 4.21 Å². The number of nitrogens with zero attached hydrogens (tertiary/aromatic N) is 2. The first-order valence-corrected chi connectivity index (χ1v) is 13.8. The molecule has 0 aliphatic rings. The summed E-state index contributed by atoms with van der Waals surface area (Å²) in [5.74, 6) is 1.09. The molecule has 3 nitrogen and oxygen atoms in total. The van der Waals surface area contributed by atoms with Gasteiger partial charge in [0.15, 0.2) is 0 Å². The minimum atomic E-state index is -1.11. The van der Waals surface area contributed by atoms with E-state index < -0.39 is 10.8 Å². The fourth-order valence-electron chi connectivity index (χ4n) is 3.77. The van der Waals surface area contributed by atoms with E-state index in [1.54, 1.807) is 0 Å². The third-order valence-electron chi connectivity index (χ3n) is 5.74. The SMILES string of the molecule is CC(C)(C)c1ccc(S(=O)CCSc2nc(-c3ccccc3)cc(-c3ccccc3)c2C#N)cc1. The van der Waals surface area contributed by atoms with Gasteiger partial charge in [-0.2, -0.15) is 5.26 Å². The summed E-state index contributed by atoms with van der Waals surface area (Å²) in [5.41, 5.74) is 5.51. The van der Waals surface area contributed by atoms with Gasteiger partial charge in [-0.3, -0.25) is 4.21 Å². The van der Waals surface area contributed by atoms with Crippen LogP contribution in [0.5, 0.6) is 0 Å². The number of hydrogen-bond donors (Lipinski definition) is 0. The molecule has 0 bridgehead atoms. The molecule has 0 N–H and O–H groups in total. The van der Waals surface area contributed by atoms with Gasteiger partial charge in [0, 0.05) is 27.5 Å². The van der Waals surface area contributed by atoms with E-state index in [2.05, 4.69) is 39.0 Å². The summed E-state index contributed by atoms with van der Waals surface area (Å²) in [5, 5.41) is 10.7. The molecule has 1 aromatic heterocycles. The Morgan fingerprint density at radius 3 is 2.06 bits per heavy atom. The van der Waals surface area contributed by atoms with E-state index >= 15 is 0 Å². The van der Waals surface area contributed by atoms with Gasteiger partial charge in [0.05, 0.1) is 22.1 Å². The summed E-state index contributed by atoms with van der Waals surface area (Å²) in [6.45, 7) is 6.51.